The molecule has 1 aromatic carbocycles. The molecule has 16 heavy (non-hydrogen) atoms. The molecule has 0 spiro atoms. The van der Waals surface area contributed by atoms with Crippen LogP contribution in [-0.2, 0) is 7.05 Å². The summed E-state index contributed by atoms with van der Waals surface area (Å²) in [5, 5.41) is 6.66. The van der Waals surface area contributed by atoms with E-state index in [4.69, 9.17) is 17.3 Å². The Bertz CT molecular complexity index is 702. The molecule has 0 atom stereocenters. The number of hydrogen-bond donors (Lipinski definition) is 1. The van der Waals surface area contributed by atoms with Gasteiger partial charge in [0.1, 0.15) is 0 Å². The zero-order chi connectivity index (χ0) is 11.3. The van der Waals surface area contributed by atoms with E-state index in [1.165, 1.54) is 0 Å². The van der Waals surface area contributed by atoms with Crippen molar-refractivity contribution in [2.24, 2.45) is 7.05 Å². The van der Waals surface area contributed by atoms with E-state index in [1.54, 1.807) is 4.68 Å². The number of nitrogen functional groups attached to an aromatic ring is 1. The Morgan fingerprint density at radius 1 is 1.31 bits per heavy atom. The number of rotatable bonds is 0. The second kappa shape index (κ2) is 3.09. The van der Waals surface area contributed by atoms with Crippen LogP contribution in [0, 0.1) is 0 Å². The van der Waals surface area contributed by atoms with E-state index in [-0.39, 0.29) is 0 Å². The fraction of sp³-hybridized carbons (Fsp3) is 0.0909. The second-order valence-corrected chi connectivity index (χ2v) is 4.14. The summed E-state index contributed by atoms with van der Waals surface area (Å²) in [6.45, 7) is 0. The molecule has 0 amide bonds. The van der Waals surface area contributed by atoms with Gasteiger partial charge >= 0.3 is 0 Å². The van der Waals surface area contributed by atoms with Crippen molar-refractivity contribution in [1.82, 2.24) is 14.8 Å². The maximum Gasteiger partial charge on any atom is 0.160 e. The number of aryl methyl sites for hydroxylation is 1. The van der Waals surface area contributed by atoms with Crippen LogP contribution in [0.3, 0.4) is 0 Å². The van der Waals surface area contributed by atoms with Gasteiger partial charge < -0.3 is 5.73 Å². The standard InChI is InChI=1S/C11H9ClN4/c1-16-11-8(10(13)15-16)5-6-4-7(12)2-3-9(6)14-11/h2-5H,1H3,(H2,13,15). The van der Waals surface area contributed by atoms with Gasteiger partial charge in [0.05, 0.1) is 10.9 Å². The third-order valence-corrected chi connectivity index (χ3v) is 2.83. The Labute approximate surface area is 96.6 Å². The van der Waals surface area contributed by atoms with Gasteiger partial charge in [0.25, 0.3) is 0 Å². The lowest BCUT2D eigenvalue weighted by Gasteiger charge is -1.99. The number of anilines is 1. The predicted molar refractivity (Wildman–Crippen MR) is 65.4 cm³/mol. The van der Waals surface area contributed by atoms with Gasteiger partial charge in [0, 0.05) is 17.5 Å². The molecule has 80 valence electrons. The molecule has 0 aliphatic rings. The van der Waals surface area contributed by atoms with Crippen molar-refractivity contribution in [2.45, 2.75) is 0 Å². The van der Waals surface area contributed by atoms with Crippen LogP contribution >= 0.6 is 11.6 Å². The largest absolute Gasteiger partial charge is 0.382 e. The van der Waals surface area contributed by atoms with Crippen molar-refractivity contribution >= 4 is 39.4 Å². The molecule has 0 aliphatic carbocycles. The van der Waals surface area contributed by atoms with Crippen molar-refractivity contribution < 1.29 is 0 Å². The number of nitrogens with two attached hydrogens (primary N) is 1. The van der Waals surface area contributed by atoms with Gasteiger partial charge in [-0.15, -0.1) is 0 Å². The number of nitrogens with zero attached hydrogens (tertiary/aromatic N) is 3. The lowest BCUT2D eigenvalue weighted by Crippen LogP contribution is -1.92. The summed E-state index contributed by atoms with van der Waals surface area (Å²) >= 11 is 5.93. The average Bonchev–Trinajstić information content (AvgIpc) is 2.52. The summed E-state index contributed by atoms with van der Waals surface area (Å²) in [5.41, 5.74) is 7.47. The van der Waals surface area contributed by atoms with Gasteiger partial charge in [0.2, 0.25) is 0 Å². The maximum absolute atomic E-state index is 5.93. The summed E-state index contributed by atoms with van der Waals surface area (Å²) in [6.07, 6.45) is 0. The van der Waals surface area contributed by atoms with Crippen LogP contribution < -0.4 is 5.73 Å². The summed E-state index contributed by atoms with van der Waals surface area (Å²) < 4.78 is 1.68. The Balaban J connectivity index is 2.51. The van der Waals surface area contributed by atoms with E-state index in [2.05, 4.69) is 10.1 Å². The Morgan fingerprint density at radius 3 is 2.94 bits per heavy atom. The fourth-order valence-electron chi connectivity index (χ4n) is 1.84. The van der Waals surface area contributed by atoms with Crippen LogP contribution in [-0.4, -0.2) is 14.8 Å². The van der Waals surface area contributed by atoms with E-state index in [0.29, 0.717) is 10.8 Å². The van der Waals surface area contributed by atoms with Gasteiger partial charge in [0.15, 0.2) is 11.5 Å². The molecule has 0 saturated carbocycles. The lowest BCUT2D eigenvalue weighted by molar-refractivity contribution is 0.792. The molecule has 0 unspecified atom stereocenters. The molecule has 0 bridgehead atoms. The Hall–Kier alpha value is -1.81. The summed E-state index contributed by atoms with van der Waals surface area (Å²) in [5.74, 6) is 0.492. The zero-order valence-corrected chi connectivity index (χ0v) is 9.36. The first-order valence-electron chi connectivity index (χ1n) is 4.83. The molecule has 5 heteroatoms. The first-order chi connectivity index (χ1) is 7.65. The van der Waals surface area contributed by atoms with Gasteiger partial charge in [-0.2, -0.15) is 5.10 Å². The summed E-state index contributed by atoms with van der Waals surface area (Å²) in [7, 11) is 1.83. The van der Waals surface area contributed by atoms with Crippen LogP contribution in [0.15, 0.2) is 24.3 Å². The molecule has 0 aliphatic heterocycles. The van der Waals surface area contributed by atoms with E-state index in [0.717, 1.165) is 21.9 Å². The molecule has 2 N–H and O–H groups in total. The van der Waals surface area contributed by atoms with Crippen LogP contribution in [0.25, 0.3) is 21.9 Å². The highest BCUT2D eigenvalue weighted by Gasteiger charge is 2.08. The van der Waals surface area contributed by atoms with Crippen molar-refractivity contribution in [3.63, 3.8) is 0 Å². The average molecular weight is 233 g/mol. The van der Waals surface area contributed by atoms with Gasteiger partial charge in [-0.1, -0.05) is 11.6 Å². The van der Waals surface area contributed by atoms with Crippen molar-refractivity contribution in [2.75, 3.05) is 5.73 Å². The number of hydrogen-bond acceptors (Lipinski definition) is 3. The van der Waals surface area contributed by atoms with Crippen LogP contribution in [0.4, 0.5) is 5.82 Å². The molecular formula is C11H9ClN4. The lowest BCUT2D eigenvalue weighted by atomic mass is 10.2. The van der Waals surface area contributed by atoms with E-state index < -0.39 is 0 Å². The van der Waals surface area contributed by atoms with Gasteiger partial charge in [-0.25, -0.2) is 9.67 Å². The highest BCUT2D eigenvalue weighted by molar-refractivity contribution is 6.31. The van der Waals surface area contributed by atoms with Crippen molar-refractivity contribution in [1.29, 1.82) is 0 Å². The number of aromatic nitrogens is 3. The molecule has 3 aromatic rings. The number of pyridine rings is 1. The summed E-state index contributed by atoms with van der Waals surface area (Å²) in [4.78, 5) is 4.50. The molecule has 0 saturated heterocycles. The van der Waals surface area contributed by atoms with E-state index in [1.807, 2.05) is 31.3 Å². The van der Waals surface area contributed by atoms with Gasteiger partial charge in [-0.05, 0) is 24.3 Å². The minimum Gasteiger partial charge on any atom is -0.382 e. The molecule has 0 radical (unpaired) electrons. The Morgan fingerprint density at radius 2 is 2.12 bits per heavy atom. The number of fused-ring (bicyclic) bond motifs is 2. The molecular weight excluding hydrogens is 224 g/mol. The minimum absolute atomic E-state index is 0.492. The van der Waals surface area contributed by atoms with Gasteiger partial charge in [-0.3, -0.25) is 0 Å². The van der Waals surface area contributed by atoms with Crippen molar-refractivity contribution in [3.8, 4) is 0 Å². The molecule has 4 nitrogen and oxygen atoms in total. The number of halogens is 1. The molecule has 3 rings (SSSR count). The first kappa shape index (κ1) is 9.42. The SMILES string of the molecule is Cn1nc(N)c2cc3cc(Cl)ccc3nc21. The van der Waals surface area contributed by atoms with Crippen LogP contribution in [0.2, 0.25) is 5.02 Å². The minimum atomic E-state index is 0.492. The molecule has 0 fully saturated rings. The predicted octanol–water partition coefficient (Wildman–Crippen LogP) is 2.36. The third kappa shape index (κ3) is 1.23. The third-order valence-electron chi connectivity index (χ3n) is 2.60. The monoisotopic (exact) mass is 232 g/mol. The fourth-order valence-corrected chi connectivity index (χ4v) is 2.02. The Kier molecular flexibility index (Phi) is 1.82. The molecule has 2 aromatic heterocycles. The van der Waals surface area contributed by atoms with Crippen molar-refractivity contribution in [3.05, 3.63) is 29.3 Å². The van der Waals surface area contributed by atoms with E-state index >= 15 is 0 Å². The molecule has 2 heterocycles. The second-order valence-electron chi connectivity index (χ2n) is 3.71. The highest BCUT2D eigenvalue weighted by atomic mass is 35.5. The van der Waals surface area contributed by atoms with Crippen LogP contribution in [0.5, 0.6) is 0 Å². The maximum atomic E-state index is 5.93. The smallest absolute Gasteiger partial charge is 0.160 e. The normalized spacial score (nSPS) is 11.4. The highest BCUT2D eigenvalue weighted by Crippen LogP contribution is 2.25. The quantitative estimate of drug-likeness (QED) is 0.647. The summed E-state index contributed by atoms with van der Waals surface area (Å²) in [6, 6.07) is 7.55. The topological polar surface area (TPSA) is 56.7 Å². The zero-order valence-electron chi connectivity index (χ0n) is 8.61. The van der Waals surface area contributed by atoms with Crippen LogP contribution in [0.1, 0.15) is 0 Å². The first-order valence-corrected chi connectivity index (χ1v) is 5.21. The number of benzene rings is 1. The van der Waals surface area contributed by atoms with E-state index in [9.17, 15) is 0 Å².